The minimum absolute atomic E-state index is 0.0807. The van der Waals surface area contributed by atoms with Crippen LogP contribution in [0.2, 0.25) is 0 Å². The molecule has 4 heterocycles. The van der Waals surface area contributed by atoms with Crippen molar-refractivity contribution < 1.29 is 8.78 Å². The first-order chi connectivity index (χ1) is 14.4. The number of amidine groups is 1. The first-order valence-electron chi connectivity index (χ1n) is 9.34. The van der Waals surface area contributed by atoms with Crippen LogP contribution in [0.1, 0.15) is 17.2 Å². The lowest BCUT2D eigenvalue weighted by Gasteiger charge is -2.18. The number of pyridine rings is 1. The Morgan fingerprint density at radius 2 is 1.90 bits per heavy atom. The van der Waals surface area contributed by atoms with Crippen molar-refractivity contribution in [2.75, 3.05) is 12.4 Å². The van der Waals surface area contributed by atoms with Gasteiger partial charge in [0.1, 0.15) is 29.0 Å². The van der Waals surface area contributed by atoms with E-state index in [9.17, 15) is 8.78 Å². The Balaban J connectivity index is 1.67. The molecular formula is C20H18ClF2N7. The van der Waals surface area contributed by atoms with Crippen molar-refractivity contribution in [2.45, 2.75) is 17.6 Å². The number of likely N-dealkylation sites (N-methyl/N-ethyl adjacent to an activating group) is 1. The van der Waals surface area contributed by atoms with Crippen LogP contribution in [0, 0.1) is 11.6 Å². The number of benzene rings is 1. The molecule has 2 N–H and O–H groups in total. The van der Waals surface area contributed by atoms with Gasteiger partial charge in [0.15, 0.2) is 0 Å². The molecule has 7 nitrogen and oxygen atoms in total. The number of nitrogens with zero attached hydrogens (tertiary/aromatic N) is 5. The summed E-state index contributed by atoms with van der Waals surface area (Å²) in [6, 6.07) is 6.72. The highest BCUT2D eigenvalue weighted by atomic mass is 35.5. The quantitative estimate of drug-likeness (QED) is 0.484. The summed E-state index contributed by atoms with van der Waals surface area (Å²) in [5, 5.41) is 9.02. The van der Waals surface area contributed by atoms with E-state index in [2.05, 4.69) is 25.8 Å². The number of rotatable bonds is 2. The lowest BCUT2D eigenvalue weighted by atomic mass is 10.00. The maximum Gasteiger partial charge on any atom is 0.139 e. The van der Waals surface area contributed by atoms with Gasteiger partial charge in [-0.25, -0.2) is 19.2 Å². The molecule has 3 aromatic rings. The highest BCUT2D eigenvalue weighted by molar-refractivity contribution is 6.21. The van der Waals surface area contributed by atoms with E-state index >= 15 is 0 Å². The van der Waals surface area contributed by atoms with E-state index in [1.54, 1.807) is 22.1 Å². The maximum atomic E-state index is 14.5. The monoisotopic (exact) mass is 429 g/mol. The SMILES string of the molecule is CN1NC2c3cc(-c4ccnn4C)ncc3NC(c3c(F)cccc3F)=NC2C1Cl. The summed E-state index contributed by atoms with van der Waals surface area (Å²) < 4.78 is 30.7. The number of aryl methyl sites for hydroxylation is 1. The Hall–Kier alpha value is -2.88. The van der Waals surface area contributed by atoms with Crippen molar-refractivity contribution in [3.63, 3.8) is 0 Å². The molecule has 0 saturated carbocycles. The molecule has 154 valence electrons. The molecule has 0 spiro atoms. The van der Waals surface area contributed by atoms with Crippen LogP contribution >= 0.6 is 11.6 Å². The summed E-state index contributed by atoms with van der Waals surface area (Å²) >= 11 is 6.58. The normalized spacial score (nSPS) is 23.4. The lowest BCUT2D eigenvalue weighted by Crippen LogP contribution is -2.32. The predicted octanol–water partition coefficient (Wildman–Crippen LogP) is 3.06. The first-order valence-corrected chi connectivity index (χ1v) is 9.78. The fourth-order valence-electron chi connectivity index (χ4n) is 3.90. The number of fused-ring (bicyclic) bond motifs is 3. The molecule has 2 aliphatic heterocycles. The number of hydrogen-bond donors (Lipinski definition) is 2. The van der Waals surface area contributed by atoms with E-state index in [0.717, 1.165) is 17.0 Å². The van der Waals surface area contributed by atoms with Gasteiger partial charge in [-0.3, -0.25) is 14.7 Å². The predicted molar refractivity (Wildman–Crippen MR) is 110 cm³/mol. The minimum atomic E-state index is -0.703. The van der Waals surface area contributed by atoms with E-state index in [1.165, 1.54) is 18.2 Å². The minimum Gasteiger partial charge on any atom is -0.338 e. The lowest BCUT2D eigenvalue weighted by molar-refractivity contribution is 0.272. The third-order valence-corrected chi connectivity index (χ3v) is 5.97. The second-order valence-corrected chi connectivity index (χ2v) is 7.72. The van der Waals surface area contributed by atoms with Crippen molar-refractivity contribution >= 4 is 23.1 Å². The second kappa shape index (κ2) is 7.12. The van der Waals surface area contributed by atoms with Crippen LogP contribution in [-0.2, 0) is 7.05 Å². The molecule has 30 heavy (non-hydrogen) atoms. The summed E-state index contributed by atoms with van der Waals surface area (Å²) in [5.41, 5.74) is 5.57. The van der Waals surface area contributed by atoms with Gasteiger partial charge in [0.25, 0.3) is 0 Å². The highest BCUT2D eigenvalue weighted by Crippen LogP contribution is 2.39. The zero-order valence-corrected chi connectivity index (χ0v) is 16.9. The van der Waals surface area contributed by atoms with Crippen molar-refractivity contribution in [3.8, 4) is 11.4 Å². The van der Waals surface area contributed by atoms with Crippen LogP contribution in [0.5, 0.6) is 0 Å². The maximum absolute atomic E-state index is 14.5. The average molecular weight is 430 g/mol. The van der Waals surface area contributed by atoms with Gasteiger partial charge in [0.05, 0.1) is 34.9 Å². The van der Waals surface area contributed by atoms with Gasteiger partial charge in [-0.1, -0.05) is 6.07 Å². The Labute approximate surface area is 176 Å². The molecule has 0 amide bonds. The molecule has 1 aromatic carbocycles. The van der Waals surface area contributed by atoms with E-state index in [1.807, 2.05) is 26.2 Å². The molecule has 1 fully saturated rings. The van der Waals surface area contributed by atoms with Gasteiger partial charge >= 0.3 is 0 Å². The first kappa shape index (κ1) is 19.1. The van der Waals surface area contributed by atoms with E-state index < -0.39 is 23.2 Å². The number of aliphatic imine (C=N–C) groups is 1. The largest absolute Gasteiger partial charge is 0.338 e. The van der Waals surface area contributed by atoms with Crippen LogP contribution < -0.4 is 10.7 Å². The molecular weight excluding hydrogens is 412 g/mol. The fraction of sp³-hybridized carbons (Fsp3) is 0.250. The van der Waals surface area contributed by atoms with Crippen molar-refractivity contribution in [2.24, 2.45) is 12.0 Å². The Morgan fingerprint density at radius 3 is 2.60 bits per heavy atom. The molecule has 3 unspecified atom stereocenters. The van der Waals surface area contributed by atoms with Gasteiger partial charge in [0.2, 0.25) is 0 Å². The van der Waals surface area contributed by atoms with Crippen LogP contribution in [0.3, 0.4) is 0 Å². The molecule has 0 aliphatic carbocycles. The number of nitrogens with one attached hydrogen (secondary N) is 2. The number of halogens is 3. The third-order valence-electron chi connectivity index (χ3n) is 5.42. The summed E-state index contributed by atoms with van der Waals surface area (Å²) in [4.78, 5) is 9.15. The molecule has 2 aromatic heterocycles. The van der Waals surface area contributed by atoms with E-state index in [4.69, 9.17) is 11.6 Å². The fourth-order valence-corrected chi connectivity index (χ4v) is 4.16. The van der Waals surface area contributed by atoms with Crippen molar-refractivity contribution in [3.05, 3.63) is 65.5 Å². The molecule has 5 rings (SSSR count). The second-order valence-electron chi connectivity index (χ2n) is 7.28. The highest BCUT2D eigenvalue weighted by Gasteiger charge is 2.43. The average Bonchev–Trinajstić information content (AvgIpc) is 3.21. The van der Waals surface area contributed by atoms with Crippen LogP contribution in [0.25, 0.3) is 11.4 Å². The summed E-state index contributed by atoms with van der Waals surface area (Å²) in [6.45, 7) is 0. The number of aromatic nitrogens is 3. The van der Waals surface area contributed by atoms with Crippen molar-refractivity contribution in [1.29, 1.82) is 0 Å². The van der Waals surface area contributed by atoms with E-state index in [0.29, 0.717) is 5.69 Å². The summed E-state index contributed by atoms with van der Waals surface area (Å²) in [5.74, 6) is -1.32. The van der Waals surface area contributed by atoms with Crippen molar-refractivity contribution in [1.82, 2.24) is 25.2 Å². The summed E-state index contributed by atoms with van der Waals surface area (Å²) in [7, 11) is 3.64. The van der Waals surface area contributed by atoms with Crippen LogP contribution in [0.15, 0.2) is 47.7 Å². The molecule has 10 heteroatoms. The summed E-state index contributed by atoms with van der Waals surface area (Å²) in [6.07, 6.45) is 3.33. The zero-order valence-electron chi connectivity index (χ0n) is 16.1. The smallest absolute Gasteiger partial charge is 0.139 e. The van der Waals surface area contributed by atoms with Gasteiger partial charge < -0.3 is 5.32 Å². The van der Waals surface area contributed by atoms with Gasteiger partial charge in [0, 0.05) is 25.9 Å². The topological polar surface area (TPSA) is 70.4 Å². The number of anilines is 1. The zero-order chi connectivity index (χ0) is 21.0. The van der Waals surface area contributed by atoms with Gasteiger partial charge in [-0.05, 0) is 24.3 Å². The Morgan fingerprint density at radius 1 is 1.13 bits per heavy atom. The molecule has 1 saturated heterocycles. The van der Waals surface area contributed by atoms with E-state index in [-0.39, 0.29) is 17.4 Å². The molecule has 2 aliphatic rings. The van der Waals surface area contributed by atoms with Gasteiger partial charge in [-0.2, -0.15) is 5.10 Å². The molecule has 3 atom stereocenters. The number of alkyl halides is 1. The number of hydrazine groups is 1. The van der Waals surface area contributed by atoms with Crippen LogP contribution in [-0.4, -0.2) is 44.2 Å². The van der Waals surface area contributed by atoms with Gasteiger partial charge in [-0.15, -0.1) is 11.6 Å². The standard InChI is InChI=1S/C20H18ClF2N7/c1-29-15(6-7-25-29)13-8-10-14(9-24-13)26-20(16-11(22)4-3-5-12(16)23)27-18-17(10)28-30(2)19(18)21/h3-9,17-19,28H,1-2H3,(H,26,27). The number of hydrogen-bond acceptors (Lipinski definition) is 6. The third kappa shape index (κ3) is 2.97. The molecule has 0 radical (unpaired) electrons. The Kier molecular flexibility index (Phi) is 4.53. The Bertz CT molecular complexity index is 1140. The van der Waals surface area contributed by atoms with Crippen LogP contribution in [0.4, 0.5) is 14.5 Å². The molecule has 0 bridgehead atoms.